The minimum absolute atomic E-state index is 0.0297. The molecular weight excluding hydrogens is 342 g/mol. The van der Waals surface area contributed by atoms with Crippen LogP contribution in [0.5, 0.6) is 0 Å². The molecule has 0 saturated heterocycles. The minimum Gasteiger partial charge on any atom is -0.335 e. The maximum atomic E-state index is 12.6. The zero-order valence-electron chi connectivity index (χ0n) is 13.1. The molecule has 0 N–H and O–H groups in total. The Morgan fingerprint density at radius 3 is 3.17 bits per heavy atom. The van der Waals surface area contributed by atoms with Gasteiger partial charge in [-0.15, -0.1) is 11.3 Å². The fourth-order valence-electron chi connectivity index (χ4n) is 3.28. The summed E-state index contributed by atoms with van der Waals surface area (Å²) >= 11 is 7.68. The summed E-state index contributed by atoms with van der Waals surface area (Å²) in [5.41, 5.74) is 3.33. The van der Waals surface area contributed by atoms with Gasteiger partial charge >= 0.3 is 0 Å². The second kappa shape index (κ2) is 6.07. The van der Waals surface area contributed by atoms with Crippen molar-refractivity contribution in [3.8, 4) is 0 Å². The fraction of sp³-hybridized carbons (Fsp3) is 0.222. The van der Waals surface area contributed by atoms with Gasteiger partial charge in [0.25, 0.3) is 0 Å². The van der Waals surface area contributed by atoms with Crippen LogP contribution in [0.4, 0.5) is 0 Å². The second-order valence-electron chi connectivity index (χ2n) is 5.88. The van der Waals surface area contributed by atoms with Gasteiger partial charge in [-0.1, -0.05) is 35.9 Å². The zero-order valence-corrected chi connectivity index (χ0v) is 14.7. The molecule has 1 aromatic carbocycles. The summed E-state index contributed by atoms with van der Waals surface area (Å²) in [5.74, 6) is -0.0297. The van der Waals surface area contributed by atoms with Crippen molar-refractivity contribution >= 4 is 39.9 Å². The third kappa shape index (κ3) is 2.54. The van der Waals surface area contributed by atoms with Crippen LogP contribution in [-0.2, 0) is 11.2 Å². The number of imidazole rings is 1. The number of hydrogen-bond acceptors (Lipinski definition) is 3. The first-order chi connectivity index (χ1) is 11.6. The van der Waals surface area contributed by atoms with Crippen LogP contribution in [0.1, 0.15) is 29.3 Å². The molecule has 6 heteroatoms. The van der Waals surface area contributed by atoms with Gasteiger partial charge in [0.2, 0.25) is 5.91 Å². The smallest absolute Gasteiger partial charge is 0.246 e. The highest BCUT2D eigenvalue weighted by Gasteiger charge is 2.27. The first-order valence-electron chi connectivity index (χ1n) is 7.79. The van der Waals surface area contributed by atoms with Crippen LogP contribution >= 0.6 is 22.9 Å². The molecule has 122 valence electrons. The van der Waals surface area contributed by atoms with Crippen LogP contribution in [0.25, 0.3) is 11.0 Å². The summed E-state index contributed by atoms with van der Waals surface area (Å²) in [6.45, 7) is 0. The Bertz CT molecular complexity index is 943. The SMILES string of the molecule is CN(C(=O)/C=C/c1c(Cl)nc2sccn12)C1CCc2ccccc21. The molecule has 4 nitrogen and oxygen atoms in total. The van der Waals surface area contributed by atoms with E-state index in [1.165, 1.54) is 22.5 Å². The predicted octanol–water partition coefficient (Wildman–Crippen LogP) is 4.21. The van der Waals surface area contributed by atoms with E-state index in [-0.39, 0.29) is 11.9 Å². The molecule has 0 radical (unpaired) electrons. The molecule has 2 aromatic heterocycles. The van der Waals surface area contributed by atoms with Gasteiger partial charge in [-0.25, -0.2) is 4.98 Å². The van der Waals surface area contributed by atoms with Gasteiger partial charge in [-0.05, 0) is 30.0 Å². The Kier molecular flexibility index (Phi) is 3.90. The highest BCUT2D eigenvalue weighted by Crippen LogP contribution is 2.35. The molecule has 1 unspecified atom stereocenters. The zero-order chi connectivity index (χ0) is 16.7. The van der Waals surface area contributed by atoms with Gasteiger partial charge in [-0.2, -0.15) is 0 Å². The number of amides is 1. The molecule has 0 aliphatic heterocycles. The number of hydrogen-bond donors (Lipinski definition) is 0. The molecule has 24 heavy (non-hydrogen) atoms. The highest BCUT2D eigenvalue weighted by molar-refractivity contribution is 7.15. The lowest BCUT2D eigenvalue weighted by molar-refractivity contribution is -0.126. The van der Waals surface area contributed by atoms with Gasteiger partial charge in [0, 0.05) is 24.7 Å². The highest BCUT2D eigenvalue weighted by atomic mass is 35.5. The third-order valence-corrected chi connectivity index (χ3v) is 5.59. The monoisotopic (exact) mass is 357 g/mol. The minimum atomic E-state index is -0.0297. The average molecular weight is 358 g/mol. The average Bonchev–Trinajstić information content (AvgIpc) is 3.26. The van der Waals surface area contributed by atoms with Crippen molar-refractivity contribution in [3.63, 3.8) is 0 Å². The number of aromatic nitrogens is 2. The Labute approximate surface area is 149 Å². The van der Waals surface area contributed by atoms with E-state index in [2.05, 4.69) is 23.2 Å². The lowest BCUT2D eigenvalue weighted by atomic mass is 10.1. The molecule has 1 amide bonds. The van der Waals surface area contributed by atoms with Crippen molar-refractivity contribution in [1.82, 2.24) is 14.3 Å². The Morgan fingerprint density at radius 2 is 2.29 bits per heavy atom. The Hall–Kier alpha value is -2.11. The second-order valence-corrected chi connectivity index (χ2v) is 7.11. The van der Waals surface area contributed by atoms with Gasteiger partial charge in [0.1, 0.15) is 0 Å². The summed E-state index contributed by atoms with van der Waals surface area (Å²) in [6, 6.07) is 8.48. The molecule has 1 aliphatic rings. The van der Waals surface area contributed by atoms with Gasteiger partial charge in [-0.3, -0.25) is 9.20 Å². The van der Waals surface area contributed by atoms with Crippen molar-refractivity contribution in [2.45, 2.75) is 18.9 Å². The van der Waals surface area contributed by atoms with Crippen molar-refractivity contribution in [2.24, 2.45) is 0 Å². The predicted molar refractivity (Wildman–Crippen MR) is 97.4 cm³/mol. The summed E-state index contributed by atoms with van der Waals surface area (Å²) in [5, 5.41) is 2.36. The first-order valence-corrected chi connectivity index (χ1v) is 9.04. The normalized spacial score (nSPS) is 16.8. The number of likely N-dealkylation sites (N-methyl/N-ethyl adjacent to an activating group) is 1. The van der Waals surface area contributed by atoms with Gasteiger partial charge in [0.15, 0.2) is 10.1 Å². The summed E-state index contributed by atoms with van der Waals surface area (Å²) in [4.78, 5) is 19.5. The van der Waals surface area contributed by atoms with Crippen LogP contribution in [0, 0.1) is 0 Å². The molecular formula is C18H16ClN3OS. The van der Waals surface area contributed by atoms with Gasteiger partial charge in [0.05, 0.1) is 11.7 Å². The lowest BCUT2D eigenvalue weighted by Gasteiger charge is -2.24. The molecule has 0 saturated carbocycles. The van der Waals surface area contributed by atoms with E-state index >= 15 is 0 Å². The van der Waals surface area contributed by atoms with Crippen molar-refractivity contribution in [2.75, 3.05) is 7.05 Å². The van der Waals surface area contributed by atoms with E-state index in [1.807, 2.05) is 34.0 Å². The summed E-state index contributed by atoms with van der Waals surface area (Å²) < 4.78 is 1.89. The number of aryl methyl sites for hydroxylation is 1. The lowest BCUT2D eigenvalue weighted by Crippen LogP contribution is -2.28. The molecule has 3 aromatic rings. The number of benzene rings is 1. The Balaban J connectivity index is 1.56. The van der Waals surface area contributed by atoms with Gasteiger partial charge < -0.3 is 4.90 Å². The van der Waals surface area contributed by atoms with E-state index in [0.717, 1.165) is 23.5 Å². The maximum Gasteiger partial charge on any atom is 0.246 e. The number of nitrogens with zero attached hydrogens (tertiary/aromatic N) is 3. The number of rotatable bonds is 3. The maximum absolute atomic E-state index is 12.6. The van der Waals surface area contributed by atoms with E-state index in [9.17, 15) is 4.79 Å². The molecule has 2 heterocycles. The standard InChI is InChI=1S/C18H16ClN3OS/c1-21(14-7-6-12-4-2-3-5-13(12)14)16(23)9-8-15-17(19)20-18-22(15)10-11-24-18/h2-5,8-11,14H,6-7H2,1H3/b9-8+. The number of carbonyl (C=O) groups is 1. The van der Waals surface area contributed by atoms with E-state index in [1.54, 1.807) is 12.2 Å². The quantitative estimate of drug-likeness (QED) is 0.658. The molecule has 1 aliphatic carbocycles. The Morgan fingerprint density at radius 1 is 1.46 bits per heavy atom. The summed E-state index contributed by atoms with van der Waals surface area (Å²) in [6.07, 6.45) is 7.21. The molecule has 0 bridgehead atoms. The largest absolute Gasteiger partial charge is 0.335 e. The number of fused-ring (bicyclic) bond motifs is 2. The number of carbonyl (C=O) groups excluding carboxylic acids is 1. The topological polar surface area (TPSA) is 37.6 Å². The number of halogens is 1. The molecule has 0 spiro atoms. The third-order valence-electron chi connectivity index (χ3n) is 4.55. The van der Waals surface area contributed by atoms with Crippen LogP contribution in [0.2, 0.25) is 5.15 Å². The van der Waals surface area contributed by atoms with Crippen molar-refractivity contribution < 1.29 is 4.79 Å². The van der Waals surface area contributed by atoms with Crippen molar-refractivity contribution in [3.05, 3.63) is 63.9 Å². The first kappa shape index (κ1) is 15.4. The van der Waals surface area contributed by atoms with Crippen LogP contribution in [0.15, 0.2) is 41.9 Å². The van der Waals surface area contributed by atoms with E-state index < -0.39 is 0 Å². The molecule has 4 rings (SSSR count). The summed E-state index contributed by atoms with van der Waals surface area (Å²) in [7, 11) is 1.86. The van der Waals surface area contributed by atoms with Crippen LogP contribution in [0.3, 0.4) is 0 Å². The van der Waals surface area contributed by atoms with Crippen LogP contribution < -0.4 is 0 Å². The number of thiazole rings is 1. The fourth-order valence-corrected chi connectivity index (χ4v) is 4.29. The molecule has 1 atom stereocenters. The van der Waals surface area contributed by atoms with Crippen LogP contribution in [-0.4, -0.2) is 27.2 Å². The van der Waals surface area contributed by atoms with Crippen molar-refractivity contribution in [1.29, 1.82) is 0 Å². The van der Waals surface area contributed by atoms with E-state index in [4.69, 9.17) is 11.6 Å². The van der Waals surface area contributed by atoms with E-state index in [0.29, 0.717) is 5.15 Å². The molecule has 0 fully saturated rings.